The maximum Gasteiger partial charge on any atom is 0.123 e. The van der Waals surface area contributed by atoms with Crippen LogP contribution in [-0.2, 0) is 6.42 Å². The zero-order chi connectivity index (χ0) is 13.7. The first-order valence-corrected chi connectivity index (χ1v) is 6.74. The van der Waals surface area contributed by atoms with Crippen LogP contribution in [0, 0.1) is 5.82 Å². The van der Waals surface area contributed by atoms with Gasteiger partial charge in [0.1, 0.15) is 11.6 Å². The molecule has 0 aliphatic carbocycles. The van der Waals surface area contributed by atoms with E-state index in [9.17, 15) is 4.39 Å². The van der Waals surface area contributed by atoms with Crippen LogP contribution in [0.5, 0.6) is 5.75 Å². The molecule has 0 aliphatic heterocycles. The van der Waals surface area contributed by atoms with Crippen LogP contribution in [0.4, 0.5) is 4.39 Å². The summed E-state index contributed by atoms with van der Waals surface area (Å²) in [4.78, 5) is 0. The van der Waals surface area contributed by atoms with E-state index in [1.165, 1.54) is 12.1 Å². The lowest BCUT2D eigenvalue weighted by molar-refractivity contribution is 0.340. The second kappa shape index (κ2) is 6.58. The molecule has 0 aromatic heterocycles. The van der Waals surface area contributed by atoms with Crippen molar-refractivity contribution in [2.24, 2.45) is 0 Å². The quantitative estimate of drug-likeness (QED) is 0.717. The molecular weight excluding hydrogens is 263 g/mol. The van der Waals surface area contributed by atoms with Crippen molar-refractivity contribution in [3.05, 3.63) is 65.5 Å². The van der Waals surface area contributed by atoms with E-state index in [4.69, 9.17) is 16.3 Å². The Morgan fingerprint density at radius 1 is 1.05 bits per heavy atom. The highest BCUT2D eigenvalue weighted by Gasteiger charge is 2.09. The van der Waals surface area contributed by atoms with Gasteiger partial charge in [-0.1, -0.05) is 24.3 Å². The predicted octanol–water partition coefficient (Wildman–Crippen LogP) is 4.75. The molecule has 1 nitrogen and oxygen atoms in total. The van der Waals surface area contributed by atoms with E-state index in [1.807, 2.05) is 31.2 Å². The third-order valence-electron chi connectivity index (χ3n) is 2.88. The Hall–Kier alpha value is -1.54. The largest absolute Gasteiger partial charge is 0.494 e. The van der Waals surface area contributed by atoms with Gasteiger partial charge in [0.05, 0.1) is 12.0 Å². The molecule has 2 aromatic carbocycles. The monoisotopic (exact) mass is 278 g/mol. The van der Waals surface area contributed by atoms with Gasteiger partial charge in [0, 0.05) is 0 Å². The van der Waals surface area contributed by atoms with E-state index in [0.717, 1.165) is 16.9 Å². The number of halogens is 2. The van der Waals surface area contributed by atoms with Crippen LogP contribution in [0.25, 0.3) is 0 Å². The zero-order valence-electron chi connectivity index (χ0n) is 10.8. The molecule has 1 unspecified atom stereocenters. The topological polar surface area (TPSA) is 9.23 Å². The van der Waals surface area contributed by atoms with Gasteiger partial charge in [0.2, 0.25) is 0 Å². The first-order valence-electron chi connectivity index (χ1n) is 6.30. The molecule has 0 saturated heterocycles. The third kappa shape index (κ3) is 3.97. The highest BCUT2D eigenvalue weighted by atomic mass is 35.5. The molecule has 2 aromatic rings. The van der Waals surface area contributed by atoms with Crippen LogP contribution < -0.4 is 4.74 Å². The Balaban J connectivity index is 2.02. The van der Waals surface area contributed by atoms with Crippen molar-refractivity contribution in [1.82, 2.24) is 0 Å². The Kier molecular flexibility index (Phi) is 4.80. The Morgan fingerprint density at radius 2 is 1.68 bits per heavy atom. The fraction of sp³-hybridized carbons (Fsp3) is 0.250. The van der Waals surface area contributed by atoms with E-state index in [-0.39, 0.29) is 11.2 Å². The number of ether oxygens (including phenoxy) is 1. The van der Waals surface area contributed by atoms with Crippen LogP contribution in [-0.4, -0.2) is 6.61 Å². The zero-order valence-corrected chi connectivity index (χ0v) is 11.5. The van der Waals surface area contributed by atoms with Crippen LogP contribution in [0.1, 0.15) is 23.4 Å². The molecule has 0 radical (unpaired) electrons. The number of rotatable bonds is 5. The first-order chi connectivity index (χ1) is 9.19. The van der Waals surface area contributed by atoms with Crippen molar-refractivity contribution in [1.29, 1.82) is 0 Å². The summed E-state index contributed by atoms with van der Waals surface area (Å²) in [7, 11) is 0. The van der Waals surface area contributed by atoms with Gasteiger partial charge in [-0.2, -0.15) is 0 Å². The number of hydrogen-bond donors (Lipinski definition) is 0. The SMILES string of the molecule is CCOc1ccc(C(Cl)Cc2ccc(F)cc2)cc1. The molecule has 1 atom stereocenters. The molecule has 19 heavy (non-hydrogen) atoms. The van der Waals surface area contributed by atoms with Crippen molar-refractivity contribution >= 4 is 11.6 Å². The van der Waals surface area contributed by atoms with Crippen molar-refractivity contribution in [3.8, 4) is 5.75 Å². The standard InChI is InChI=1S/C16H16ClFO/c1-2-19-15-9-5-13(6-10-15)16(17)11-12-3-7-14(18)8-4-12/h3-10,16H,2,11H2,1H3. The van der Waals surface area contributed by atoms with Gasteiger partial charge in [-0.05, 0) is 48.7 Å². The van der Waals surface area contributed by atoms with E-state index >= 15 is 0 Å². The van der Waals surface area contributed by atoms with Crippen molar-refractivity contribution in [2.45, 2.75) is 18.7 Å². The molecule has 2 rings (SSSR count). The van der Waals surface area contributed by atoms with Crippen molar-refractivity contribution < 1.29 is 9.13 Å². The minimum Gasteiger partial charge on any atom is -0.494 e. The molecule has 0 spiro atoms. The molecule has 3 heteroatoms. The average molecular weight is 279 g/mol. The van der Waals surface area contributed by atoms with Crippen LogP contribution in [0.2, 0.25) is 0 Å². The third-order valence-corrected chi connectivity index (χ3v) is 3.29. The van der Waals surface area contributed by atoms with E-state index in [2.05, 4.69) is 0 Å². The van der Waals surface area contributed by atoms with Crippen molar-refractivity contribution in [2.75, 3.05) is 6.61 Å². The summed E-state index contributed by atoms with van der Waals surface area (Å²) in [6.07, 6.45) is 0.676. The molecule has 0 amide bonds. The fourth-order valence-electron chi connectivity index (χ4n) is 1.88. The van der Waals surface area contributed by atoms with Gasteiger partial charge < -0.3 is 4.74 Å². The van der Waals surface area contributed by atoms with Gasteiger partial charge in [-0.15, -0.1) is 11.6 Å². The average Bonchev–Trinajstić information content (AvgIpc) is 2.42. The molecule has 0 bridgehead atoms. The first kappa shape index (κ1) is 13.9. The van der Waals surface area contributed by atoms with Crippen LogP contribution >= 0.6 is 11.6 Å². The van der Waals surface area contributed by atoms with Crippen LogP contribution in [0.3, 0.4) is 0 Å². The van der Waals surface area contributed by atoms with Crippen LogP contribution in [0.15, 0.2) is 48.5 Å². The molecule has 0 heterocycles. The number of hydrogen-bond acceptors (Lipinski definition) is 1. The van der Waals surface area contributed by atoms with Gasteiger partial charge in [0.15, 0.2) is 0 Å². The maximum absolute atomic E-state index is 12.8. The predicted molar refractivity (Wildman–Crippen MR) is 76.3 cm³/mol. The van der Waals surface area contributed by atoms with Gasteiger partial charge in [0.25, 0.3) is 0 Å². The normalized spacial score (nSPS) is 12.2. The second-order valence-electron chi connectivity index (χ2n) is 4.30. The highest BCUT2D eigenvalue weighted by molar-refractivity contribution is 6.20. The van der Waals surface area contributed by atoms with Gasteiger partial charge >= 0.3 is 0 Å². The summed E-state index contributed by atoms with van der Waals surface area (Å²) in [6.45, 7) is 2.60. The van der Waals surface area contributed by atoms with E-state index < -0.39 is 0 Å². The summed E-state index contributed by atoms with van der Waals surface area (Å²) < 4.78 is 18.2. The number of benzene rings is 2. The van der Waals surface area contributed by atoms with E-state index in [1.54, 1.807) is 12.1 Å². The Labute approximate surface area is 118 Å². The van der Waals surface area contributed by atoms with Crippen molar-refractivity contribution in [3.63, 3.8) is 0 Å². The summed E-state index contributed by atoms with van der Waals surface area (Å²) in [5.74, 6) is 0.618. The molecule has 100 valence electrons. The summed E-state index contributed by atoms with van der Waals surface area (Å²) in [5.41, 5.74) is 2.06. The summed E-state index contributed by atoms with van der Waals surface area (Å²) in [6, 6.07) is 14.2. The smallest absolute Gasteiger partial charge is 0.123 e. The highest BCUT2D eigenvalue weighted by Crippen LogP contribution is 2.26. The molecule has 0 aliphatic rings. The fourth-order valence-corrected chi connectivity index (χ4v) is 2.21. The maximum atomic E-state index is 12.8. The lowest BCUT2D eigenvalue weighted by atomic mass is 10.0. The van der Waals surface area contributed by atoms with Gasteiger partial charge in [-0.3, -0.25) is 0 Å². The van der Waals surface area contributed by atoms with Gasteiger partial charge in [-0.25, -0.2) is 4.39 Å². The second-order valence-corrected chi connectivity index (χ2v) is 4.83. The Bertz CT molecular complexity index is 507. The minimum absolute atomic E-state index is 0.124. The number of alkyl halides is 1. The molecule has 0 fully saturated rings. The summed E-state index contributed by atoms with van der Waals surface area (Å²) in [5, 5.41) is -0.124. The molecular formula is C16H16ClFO. The molecule has 0 saturated carbocycles. The minimum atomic E-state index is -0.226. The lowest BCUT2D eigenvalue weighted by Crippen LogP contribution is -1.97. The summed E-state index contributed by atoms with van der Waals surface area (Å²) >= 11 is 6.38. The molecule has 0 N–H and O–H groups in total. The Morgan fingerprint density at radius 3 is 2.26 bits per heavy atom. The lowest BCUT2D eigenvalue weighted by Gasteiger charge is -2.11. The van der Waals surface area contributed by atoms with E-state index in [0.29, 0.717) is 13.0 Å².